The van der Waals surface area contributed by atoms with Crippen molar-refractivity contribution in [1.29, 1.82) is 0 Å². The summed E-state index contributed by atoms with van der Waals surface area (Å²) in [6.45, 7) is 16.5. The van der Waals surface area contributed by atoms with Crippen LogP contribution in [0.1, 0.15) is 73.4 Å². The molecule has 0 aromatic carbocycles. The lowest BCUT2D eigenvalue weighted by Gasteiger charge is -2.45. The first-order chi connectivity index (χ1) is 12.7. The van der Waals surface area contributed by atoms with E-state index in [4.69, 9.17) is 4.98 Å². The van der Waals surface area contributed by atoms with E-state index in [-0.39, 0.29) is 10.8 Å². The summed E-state index contributed by atoms with van der Waals surface area (Å²) < 4.78 is 0. The van der Waals surface area contributed by atoms with E-state index < -0.39 is 0 Å². The van der Waals surface area contributed by atoms with E-state index in [2.05, 4.69) is 72.8 Å². The van der Waals surface area contributed by atoms with Crippen LogP contribution in [-0.2, 0) is 0 Å². The Morgan fingerprint density at radius 1 is 1.11 bits per heavy atom. The maximum absolute atomic E-state index is 4.99. The standard InChI is InChI=1S/C26H33N/c1-8-9-10-11-18-13-12-16(2)22-20(18)23-21-19(14-15-27-23)17(3)25(4,5)24(21)26(22,6)7/h9-10,12,14-15,18H,8,11,13H2,1-7H3. The molecule has 0 fully saturated rings. The fraction of sp³-hybridized carbons (Fsp3) is 0.500. The molecule has 1 aromatic heterocycles. The molecule has 0 amide bonds. The van der Waals surface area contributed by atoms with Gasteiger partial charge in [-0.25, -0.2) is 0 Å². The van der Waals surface area contributed by atoms with E-state index in [1.54, 1.807) is 11.1 Å². The van der Waals surface area contributed by atoms with Gasteiger partial charge in [-0.2, -0.15) is 0 Å². The number of allylic oxidation sites excluding steroid dienone is 6. The summed E-state index contributed by atoms with van der Waals surface area (Å²) in [7, 11) is 0. The molecule has 1 heteroatoms. The maximum atomic E-state index is 4.99. The smallest absolute Gasteiger partial charge is 0.0746 e. The summed E-state index contributed by atoms with van der Waals surface area (Å²) in [5, 5.41) is 2.87. The molecule has 0 aliphatic heterocycles. The molecule has 1 atom stereocenters. The van der Waals surface area contributed by atoms with Gasteiger partial charge >= 0.3 is 0 Å². The van der Waals surface area contributed by atoms with Crippen LogP contribution in [0.15, 0.2) is 41.6 Å². The van der Waals surface area contributed by atoms with E-state index >= 15 is 0 Å². The fourth-order valence-electron chi connectivity index (χ4n) is 6.03. The molecule has 1 aromatic rings. The second-order valence-electron chi connectivity index (χ2n) is 9.56. The van der Waals surface area contributed by atoms with Gasteiger partial charge in [0.25, 0.3) is 0 Å². The number of fused-ring (bicyclic) bond motifs is 1. The second kappa shape index (κ2) is 6.06. The Morgan fingerprint density at radius 2 is 1.85 bits per heavy atom. The van der Waals surface area contributed by atoms with Gasteiger partial charge in [0.1, 0.15) is 0 Å². The Balaban J connectivity index is 2.07. The highest BCUT2D eigenvalue weighted by molar-refractivity contribution is 5.90. The minimum atomic E-state index is 0.0368. The third kappa shape index (κ3) is 2.40. The molecule has 142 valence electrons. The van der Waals surface area contributed by atoms with Crippen LogP contribution in [0, 0.1) is 16.7 Å². The Labute approximate surface area is 164 Å². The number of aromatic nitrogens is 1. The third-order valence-corrected chi connectivity index (χ3v) is 7.28. The number of hydrogen-bond acceptors (Lipinski definition) is 1. The lowest BCUT2D eigenvalue weighted by Crippen LogP contribution is -2.41. The highest BCUT2D eigenvalue weighted by Gasteiger charge is 2.47. The van der Waals surface area contributed by atoms with Gasteiger partial charge in [0.15, 0.2) is 0 Å². The summed E-state index contributed by atoms with van der Waals surface area (Å²) in [4.78, 5) is 4.99. The van der Waals surface area contributed by atoms with Crippen molar-refractivity contribution in [3.63, 3.8) is 0 Å². The first-order valence-electron chi connectivity index (χ1n) is 10.5. The van der Waals surface area contributed by atoms with Crippen LogP contribution in [-0.4, -0.2) is 4.98 Å². The number of nitrogens with zero attached hydrogens (tertiary/aromatic N) is 1. The molecule has 0 spiro atoms. The van der Waals surface area contributed by atoms with Gasteiger partial charge in [-0.15, -0.1) is 0 Å². The zero-order valence-corrected chi connectivity index (χ0v) is 18.0. The summed E-state index contributed by atoms with van der Waals surface area (Å²) in [6.07, 6.45) is 12.5. The molecule has 3 aliphatic carbocycles. The van der Waals surface area contributed by atoms with Crippen molar-refractivity contribution in [2.24, 2.45) is 16.7 Å². The Kier molecular flexibility index (Phi) is 4.14. The van der Waals surface area contributed by atoms with Crippen LogP contribution in [0.3, 0.4) is 0 Å². The SMILES string of the molecule is CCC=CCC1CC=C(C)C2=C1c1nccc3c1=C(C2(C)C)C(C)(C)C=3C. The largest absolute Gasteiger partial charge is 0.256 e. The second-order valence-corrected chi connectivity index (χ2v) is 9.56. The molecule has 3 aliphatic rings. The molecule has 27 heavy (non-hydrogen) atoms. The molecule has 0 radical (unpaired) electrons. The Morgan fingerprint density at radius 3 is 2.56 bits per heavy atom. The number of rotatable bonds is 3. The van der Waals surface area contributed by atoms with Crippen LogP contribution >= 0.6 is 0 Å². The van der Waals surface area contributed by atoms with E-state index in [0.717, 1.165) is 19.3 Å². The van der Waals surface area contributed by atoms with Crippen molar-refractivity contribution in [1.82, 2.24) is 4.98 Å². The summed E-state index contributed by atoms with van der Waals surface area (Å²) in [6, 6.07) is 2.24. The Bertz CT molecular complexity index is 1020. The maximum Gasteiger partial charge on any atom is 0.0746 e. The first-order valence-corrected chi connectivity index (χ1v) is 10.5. The van der Waals surface area contributed by atoms with Gasteiger partial charge in [0, 0.05) is 22.2 Å². The quantitative estimate of drug-likeness (QED) is 0.644. The van der Waals surface area contributed by atoms with Gasteiger partial charge in [0.05, 0.1) is 5.69 Å². The average molecular weight is 360 g/mol. The van der Waals surface area contributed by atoms with Gasteiger partial charge < -0.3 is 0 Å². The van der Waals surface area contributed by atoms with Gasteiger partial charge in [-0.1, -0.05) is 64.0 Å². The van der Waals surface area contributed by atoms with Crippen LogP contribution in [0.5, 0.6) is 0 Å². The molecule has 1 unspecified atom stereocenters. The Hall–Kier alpha value is -1.89. The van der Waals surface area contributed by atoms with Crippen molar-refractivity contribution in [2.45, 2.75) is 67.7 Å². The van der Waals surface area contributed by atoms with Gasteiger partial charge in [-0.3, -0.25) is 4.98 Å². The van der Waals surface area contributed by atoms with Crippen LogP contribution in [0.2, 0.25) is 0 Å². The van der Waals surface area contributed by atoms with Gasteiger partial charge in [0.2, 0.25) is 0 Å². The minimum absolute atomic E-state index is 0.0368. The van der Waals surface area contributed by atoms with Crippen LogP contribution < -0.4 is 10.4 Å². The van der Waals surface area contributed by atoms with E-state index in [1.165, 1.54) is 32.9 Å². The number of hydrogen-bond donors (Lipinski definition) is 0. The number of pyridine rings is 1. The highest BCUT2D eigenvalue weighted by atomic mass is 14.7. The lowest BCUT2D eigenvalue weighted by molar-refractivity contribution is 0.494. The lowest BCUT2D eigenvalue weighted by atomic mass is 9.59. The monoisotopic (exact) mass is 359 g/mol. The summed E-state index contributed by atoms with van der Waals surface area (Å²) in [5.41, 5.74) is 8.97. The van der Waals surface area contributed by atoms with E-state index in [1.807, 2.05) is 6.20 Å². The third-order valence-electron chi connectivity index (χ3n) is 7.28. The first kappa shape index (κ1) is 18.5. The van der Waals surface area contributed by atoms with Crippen molar-refractivity contribution in [2.75, 3.05) is 0 Å². The summed E-state index contributed by atoms with van der Waals surface area (Å²) in [5.74, 6) is 0.537. The van der Waals surface area contributed by atoms with Crippen LogP contribution in [0.25, 0.3) is 16.7 Å². The van der Waals surface area contributed by atoms with Gasteiger partial charge in [-0.05, 0) is 67.0 Å². The van der Waals surface area contributed by atoms with Crippen molar-refractivity contribution < 1.29 is 0 Å². The zero-order chi connectivity index (χ0) is 19.6. The fourth-order valence-corrected chi connectivity index (χ4v) is 6.03. The van der Waals surface area contributed by atoms with Crippen LogP contribution in [0.4, 0.5) is 0 Å². The molecular weight excluding hydrogens is 326 g/mol. The molecule has 0 bridgehead atoms. The summed E-state index contributed by atoms with van der Waals surface area (Å²) >= 11 is 0. The van der Waals surface area contributed by atoms with E-state index in [0.29, 0.717) is 5.92 Å². The molecular formula is C26H33N. The van der Waals surface area contributed by atoms with Crippen molar-refractivity contribution >= 4 is 16.7 Å². The average Bonchev–Trinajstić information content (AvgIpc) is 2.82. The van der Waals surface area contributed by atoms with Crippen molar-refractivity contribution in [3.8, 4) is 0 Å². The molecule has 1 nitrogen and oxygen atoms in total. The predicted molar refractivity (Wildman–Crippen MR) is 116 cm³/mol. The normalized spacial score (nSPS) is 25.0. The molecule has 0 saturated heterocycles. The molecule has 1 heterocycles. The molecule has 0 saturated carbocycles. The van der Waals surface area contributed by atoms with Crippen molar-refractivity contribution in [3.05, 3.63) is 57.8 Å². The molecule has 4 rings (SSSR count). The zero-order valence-electron chi connectivity index (χ0n) is 18.0. The highest BCUT2D eigenvalue weighted by Crippen LogP contribution is 2.57. The molecule has 0 N–H and O–H groups in total. The topological polar surface area (TPSA) is 12.9 Å². The van der Waals surface area contributed by atoms with E-state index in [9.17, 15) is 0 Å². The predicted octanol–water partition coefficient (Wildman–Crippen LogP) is 5.56. The minimum Gasteiger partial charge on any atom is -0.256 e.